The van der Waals surface area contributed by atoms with Gasteiger partial charge in [-0.05, 0) is 17.7 Å². The van der Waals surface area contributed by atoms with Gasteiger partial charge in [0.05, 0.1) is 5.97 Å². The molecular weight excluding hydrogens is 199 g/mol. The Morgan fingerprint density at radius 1 is 1.38 bits per heavy atom. The fourth-order valence-electron chi connectivity index (χ4n) is 0.768. The van der Waals surface area contributed by atoms with Gasteiger partial charge in [0.2, 0.25) is 0 Å². The molecule has 4 heteroatoms. The van der Waals surface area contributed by atoms with E-state index in [-0.39, 0.29) is 29.6 Å². The minimum atomic E-state index is -1.23. The molecule has 0 bridgehead atoms. The monoisotopic (exact) mass is 204 g/mol. The standard InChI is InChI=1S/C9H7ClO2.Na/c10-8-4-2-1-3-7(8)5-6-9(11)12;/h1-6H,(H,11,12);/q;+1/p-1/b6-5+;. The third kappa shape index (κ3) is 4.48. The molecule has 0 spiro atoms. The summed E-state index contributed by atoms with van der Waals surface area (Å²) in [4.78, 5) is 10.0. The molecule has 1 aromatic rings. The van der Waals surface area contributed by atoms with Gasteiger partial charge in [-0.3, -0.25) is 0 Å². The summed E-state index contributed by atoms with van der Waals surface area (Å²) in [5.74, 6) is -1.23. The Bertz CT molecular complexity index is 323. The summed E-state index contributed by atoms with van der Waals surface area (Å²) in [5, 5.41) is 10.6. The first-order valence-electron chi connectivity index (χ1n) is 3.34. The van der Waals surface area contributed by atoms with Crippen molar-refractivity contribution in [3.8, 4) is 0 Å². The smallest absolute Gasteiger partial charge is 0.545 e. The van der Waals surface area contributed by atoms with E-state index in [0.29, 0.717) is 10.6 Å². The molecule has 1 rings (SSSR count). The van der Waals surface area contributed by atoms with Gasteiger partial charge in [-0.2, -0.15) is 0 Å². The molecule has 0 N–H and O–H groups in total. The maximum Gasteiger partial charge on any atom is 1.00 e. The van der Waals surface area contributed by atoms with Crippen molar-refractivity contribution in [2.75, 3.05) is 0 Å². The normalized spacial score (nSPS) is 9.62. The molecule has 0 saturated carbocycles. The van der Waals surface area contributed by atoms with Gasteiger partial charge < -0.3 is 9.90 Å². The minimum absolute atomic E-state index is 0. The summed E-state index contributed by atoms with van der Waals surface area (Å²) < 4.78 is 0. The van der Waals surface area contributed by atoms with Crippen LogP contribution in [0, 0.1) is 0 Å². The van der Waals surface area contributed by atoms with Gasteiger partial charge >= 0.3 is 29.6 Å². The Kier molecular flexibility index (Phi) is 6.08. The van der Waals surface area contributed by atoms with Gasteiger partial charge in [0, 0.05) is 5.02 Å². The first-order valence-corrected chi connectivity index (χ1v) is 3.71. The number of benzene rings is 1. The second-order valence-electron chi connectivity index (χ2n) is 2.17. The molecule has 2 nitrogen and oxygen atoms in total. The predicted molar refractivity (Wildman–Crippen MR) is 45.5 cm³/mol. The fraction of sp³-hybridized carbons (Fsp3) is 0. The number of carbonyl (C=O) groups is 1. The molecular formula is C9H6ClNaO2. The van der Waals surface area contributed by atoms with Crippen molar-refractivity contribution in [2.45, 2.75) is 0 Å². The van der Waals surface area contributed by atoms with Gasteiger partial charge in [0.15, 0.2) is 0 Å². The van der Waals surface area contributed by atoms with Gasteiger partial charge in [-0.25, -0.2) is 0 Å². The SMILES string of the molecule is O=C([O-])/C=C/c1ccccc1Cl.[Na+]. The zero-order valence-corrected chi connectivity index (χ0v) is 9.91. The largest absolute Gasteiger partial charge is 1.00 e. The van der Waals surface area contributed by atoms with E-state index in [1.54, 1.807) is 24.3 Å². The molecule has 0 aliphatic rings. The van der Waals surface area contributed by atoms with E-state index >= 15 is 0 Å². The van der Waals surface area contributed by atoms with Crippen molar-refractivity contribution >= 4 is 23.6 Å². The van der Waals surface area contributed by atoms with Gasteiger partial charge in [0.1, 0.15) is 0 Å². The molecule has 0 fully saturated rings. The Labute approximate surface area is 104 Å². The van der Waals surface area contributed by atoms with Crippen LogP contribution in [0.5, 0.6) is 0 Å². The summed E-state index contributed by atoms with van der Waals surface area (Å²) in [6.07, 6.45) is 2.35. The van der Waals surface area contributed by atoms with Crippen LogP contribution in [0.15, 0.2) is 30.3 Å². The fourth-order valence-corrected chi connectivity index (χ4v) is 0.967. The van der Waals surface area contributed by atoms with E-state index in [9.17, 15) is 9.90 Å². The predicted octanol–water partition coefficient (Wildman–Crippen LogP) is -1.89. The Balaban J connectivity index is 0.00000144. The molecule has 0 atom stereocenters. The summed E-state index contributed by atoms with van der Waals surface area (Å²) >= 11 is 5.74. The van der Waals surface area contributed by atoms with Crippen LogP contribution in [0.2, 0.25) is 5.02 Å². The molecule has 13 heavy (non-hydrogen) atoms. The first kappa shape index (κ1) is 12.7. The second-order valence-corrected chi connectivity index (χ2v) is 2.58. The van der Waals surface area contributed by atoms with Crippen molar-refractivity contribution in [1.82, 2.24) is 0 Å². The van der Waals surface area contributed by atoms with E-state index in [1.165, 1.54) is 6.08 Å². The molecule has 0 heterocycles. The number of aliphatic carboxylic acids is 1. The molecule has 0 aliphatic carbocycles. The molecule has 0 aliphatic heterocycles. The van der Waals surface area contributed by atoms with Crippen LogP contribution in [-0.4, -0.2) is 5.97 Å². The van der Waals surface area contributed by atoms with Crippen molar-refractivity contribution in [3.05, 3.63) is 40.9 Å². The topological polar surface area (TPSA) is 40.1 Å². The van der Waals surface area contributed by atoms with E-state index in [4.69, 9.17) is 11.6 Å². The zero-order chi connectivity index (χ0) is 8.97. The number of hydrogen-bond acceptors (Lipinski definition) is 2. The van der Waals surface area contributed by atoms with Gasteiger partial charge in [0.25, 0.3) is 0 Å². The van der Waals surface area contributed by atoms with Crippen LogP contribution >= 0.6 is 11.6 Å². The summed E-state index contributed by atoms with van der Waals surface area (Å²) in [6, 6.07) is 6.97. The Morgan fingerprint density at radius 2 is 2.00 bits per heavy atom. The molecule has 0 radical (unpaired) electrons. The van der Waals surface area contributed by atoms with Crippen LogP contribution in [-0.2, 0) is 4.79 Å². The number of halogens is 1. The average Bonchev–Trinajstić information content (AvgIpc) is 2.03. The van der Waals surface area contributed by atoms with Crippen LogP contribution in [0.1, 0.15) is 5.56 Å². The molecule has 0 saturated heterocycles. The second kappa shape index (κ2) is 6.22. The maximum atomic E-state index is 10.0. The molecule has 0 amide bonds. The van der Waals surface area contributed by atoms with Crippen LogP contribution in [0.4, 0.5) is 0 Å². The Morgan fingerprint density at radius 3 is 2.54 bits per heavy atom. The van der Waals surface area contributed by atoms with Crippen LogP contribution in [0.25, 0.3) is 6.08 Å². The average molecular weight is 205 g/mol. The quantitative estimate of drug-likeness (QED) is 0.417. The summed E-state index contributed by atoms with van der Waals surface area (Å²) in [7, 11) is 0. The summed E-state index contributed by atoms with van der Waals surface area (Å²) in [6.45, 7) is 0. The van der Waals surface area contributed by atoms with Gasteiger partial charge in [-0.1, -0.05) is 35.9 Å². The van der Waals surface area contributed by atoms with E-state index in [0.717, 1.165) is 6.08 Å². The molecule has 62 valence electrons. The molecule has 0 aromatic heterocycles. The van der Waals surface area contributed by atoms with Crippen molar-refractivity contribution in [3.63, 3.8) is 0 Å². The number of carboxylic acid groups (broad SMARTS) is 1. The molecule has 1 aromatic carbocycles. The van der Waals surface area contributed by atoms with Crippen LogP contribution < -0.4 is 34.7 Å². The number of carboxylic acids is 1. The number of hydrogen-bond donors (Lipinski definition) is 0. The summed E-state index contributed by atoms with van der Waals surface area (Å²) in [5.41, 5.74) is 0.670. The van der Waals surface area contributed by atoms with E-state index in [2.05, 4.69) is 0 Å². The van der Waals surface area contributed by atoms with E-state index in [1.807, 2.05) is 0 Å². The van der Waals surface area contributed by atoms with E-state index < -0.39 is 5.97 Å². The third-order valence-corrected chi connectivity index (χ3v) is 1.65. The van der Waals surface area contributed by atoms with Crippen molar-refractivity contribution < 1.29 is 39.5 Å². The number of rotatable bonds is 2. The number of carbonyl (C=O) groups excluding carboxylic acids is 1. The van der Waals surface area contributed by atoms with Crippen molar-refractivity contribution in [2.24, 2.45) is 0 Å². The van der Waals surface area contributed by atoms with Crippen molar-refractivity contribution in [1.29, 1.82) is 0 Å². The minimum Gasteiger partial charge on any atom is -0.545 e. The zero-order valence-electron chi connectivity index (χ0n) is 7.16. The maximum absolute atomic E-state index is 10.0. The molecule has 0 unspecified atom stereocenters. The third-order valence-electron chi connectivity index (χ3n) is 1.30. The Hall–Kier alpha value is -0.280. The van der Waals surface area contributed by atoms with Crippen LogP contribution in [0.3, 0.4) is 0 Å². The first-order chi connectivity index (χ1) is 5.70. The van der Waals surface area contributed by atoms with Gasteiger partial charge in [-0.15, -0.1) is 0 Å².